The van der Waals surface area contributed by atoms with E-state index in [2.05, 4.69) is 10.4 Å². The lowest BCUT2D eigenvalue weighted by atomic mass is 10.1. The highest BCUT2D eigenvalue weighted by molar-refractivity contribution is 7.91. The molecule has 1 amide bonds. The van der Waals surface area contributed by atoms with Crippen molar-refractivity contribution in [2.24, 2.45) is 0 Å². The fourth-order valence-corrected chi connectivity index (χ4v) is 5.18. The fraction of sp³-hybridized carbons (Fsp3) is 0.524. The van der Waals surface area contributed by atoms with Gasteiger partial charge < -0.3 is 10.1 Å². The first-order valence-electron chi connectivity index (χ1n) is 9.98. The molecule has 158 valence electrons. The zero-order valence-electron chi connectivity index (χ0n) is 17.4. The molecule has 1 N–H and O–H groups in total. The highest BCUT2D eigenvalue weighted by Gasteiger charge is 2.32. The average molecular weight is 420 g/mol. The number of sulfone groups is 1. The van der Waals surface area contributed by atoms with Crippen LogP contribution in [0.2, 0.25) is 0 Å². The molecule has 3 rings (SSSR count). The molecule has 0 radical (unpaired) electrons. The molecular formula is C21H29N3O4S. The molecule has 1 aliphatic heterocycles. The quantitative estimate of drug-likeness (QED) is 0.745. The fourth-order valence-electron chi connectivity index (χ4n) is 3.49. The zero-order valence-corrected chi connectivity index (χ0v) is 18.2. The second kappa shape index (κ2) is 8.57. The van der Waals surface area contributed by atoms with Crippen molar-refractivity contribution in [3.8, 4) is 5.75 Å². The summed E-state index contributed by atoms with van der Waals surface area (Å²) in [6.07, 6.45) is 0.616. The Labute approximate surface area is 172 Å². The van der Waals surface area contributed by atoms with Gasteiger partial charge in [0.15, 0.2) is 9.84 Å². The Bertz CT molecular complexity index is 980. The number of carbonyl (C=O) groups is 1. The molecule has 29 heavy (non-hydrogen) atoms. The van der Waals surface area contributed by atoms with E-state index < -0.39 is 9.84 Å². The van der Waals surface area contributed by atoms with Gasteiger partial charge in [0.2, 0.25) is 0 Å². The van der Waals surface area contributed by atoms with Crippen molar-refractivity contribution < 1.29 is 17.9 Å². The lowest BCUT2D eigenvalue weighted by molar-refractivity contribution is 0.0944. The van der Waals surface area contributed by atoms with Gasteiger partial charge in [-0.05, 0) is 49.9 Å². The van der Waals surface area contributed by atoms with Crippen molar-refractivity contribution in [3.05, 3.63) is 47.3 Å². The van der Waals surface area contributed by atoms with E-state index in [1.807, 2.05) is 52.0 Å². The average Bonchev–Trinajstić information content (AvgIpc) is 3.23. The van der Waals surface area contributed by atoms with Crippen LogP contribution in [0.4, 0.5) is 0 Å². The number of amides is 1. The van der Waals surface area contributed by atoms with E-state index in [1.54, 1.807) is 10.7 Å². The van der Waals surface area contributed by atoms with Crippen LogP contribution in [0.3, 0.4) is 0 Å². The van der Waals surface area contributed by atoms with E-state index in [0.717, 1.165) is 17.0 Å². The monoisotopic (exact) mass is 419 g/mol. The molecule has 7 nitrogen and oxygen atoms in total. The molecule has 1 atom stereocenters. The number of ether oxygens (including phenoxy) is 1. The van der Waals surface area contributed by atoms with E-state index in [-0.39, 0.29) is 35.5 Å². The van der Waals surface area contributed by atoms with Crippen molar-refractivity contribution in [2.75, 3.05) is 11.5 Å². The van der Waals surface area contributed by atoms with Gasteiger partial charge in [0.05, 0.1) is 23.7 Å². The van der Waals surface area contributed by atoms with E-state index in [4.69, 9.17) is 4.74 Å². The zero-order chi connectivity index (χ0) is 21.2. The van der Waals surface area contributed by atoms with Crippen LogP contribution in [0, 0.1) is 0 Å². The molecule has 1 fully saturated rings. The Morgan fingerprint density at radius 1 is 1.28 bits per heavy atom. The van der Waals surface area contributed by atoms with Crippen LogP contribution in [0.15, 0.2) is 30.3 Å². The second-order valence-electron chi connectivity index (χ2n) is 8.11. The number of benzene rings is 1. The molecule has 0 bridgehead atoms. The summed E-state index contributed by atoms with van der Waals surface area (Å²) in [5.41, 5.74) is 2.12. The first-order valence-corrected chi connectivity index (χ1v) is 11.8. The Morgan fingerprint density at radius 2 is 2.03 bits per heavy atom. The van der Waals surface area contributed by atoms with Gasteiger partial charge in [0.1, 0.15) is 11.4 Å². The predicted octanol–water partition coefficient (Wildman–Crippen LogP) is 3.08. The molecule has 1 saturated heterocycles. The molecule has 0 saturated carbocycles. The minimum Gasteiger partial charge on any atom is -0.491 e. The van der Waals surface area contributed by atoms with Crippen LogP contribution < -0.4 is 10.1 Å². The van der Waals surface area contributed by atoms with Crippen LogP contribution >= 0.6 is 0 Å². The smallest absolute Gasteiger partial charge is 0.272 e. The summed E-state index contributed by atoms with van der Waals surface area (Å²) in [5, 5.41) is 7.36. The van der Waals surface area contributed by atoms with Crippen molar-refractivity contribution >= 4 is 15.7 Å². The van der Waals surface area contributed by atoms with Crippen LogP contribution in [0.5, 0.6) is 5.75 Å². The highest BCUT2D eigenvalue weighted by atomic mass is 32.2. The Morgan fingerprint density at radius 3 is 2.66 bits per heavy atom. The SMILES string of the molecule is CC(C)Oc1cccc(CNC(=O)c2cc(C(C)C)n(C3CCS(=O)(=O)C3)n2)c1. The van der Waals surface area contributed by atoms with Gasteiger partial charge in [0, 0.05) is 12.2 Å². The number of hydrogen-bond donors (Lipinski definition) is 1. The highest BCUT2D eigenvalue weighted by Crippen LogP contribution is 2.28. The normalized spacial score (nSPS) is 18.3. The van der Waals surface area contributed by atoms with Gasteiger partial charge in [-0.15, -0.1) is 0 Å². The van der Waals surface area contributed by atoms with Crippen LogP contribution in [0.25, 0.3) is 0 Å². The van der Waals surface area contributed by atoms with Gasteiger partial charge in [-0.1, -0.05) is 26.0 Å². The first kappa shape index (κ1) is 21.4. The van der Waals surface area contributed by atoms with Gasteiger partial charge in [0.25, 0.3) is 5.91 Å². The van der Waals surface area contributed by atoms with Crippen LogP contribution in [0.1, 0.15) is 67.8 Å². The molecule has 2 heterocycles. The van der Waals surface area contributed by atoms with Crippen LogP contribution in [-0.4, -0.2) is 41.7 Å². The molecule has 1 unspecified atom stereocenters. The summed E-state index contributed by atoms with van der Waals surface area (Å²) in [5.74, 6) is 0.878. The van der Waals surface area contributed by atoms with Gasteiger partial charge in [-0.3, -0.25) is 9.48 Å². The third kappa shape index (κ3) is 5.38. The van der Waals surface area contributed by atoms with E-state index >= 15 is 0 Å². The van der Waals surface area contributed by atoms with Crippen molar-refractivity contribution in [3.63, 3.8) is 0 Å². The molecule has 0 aliphatic carbocycles. The number of aromatic nitrogens is 2. The van der Waals surface area contributed by atoms with Gasteiger partial charge in [-0.25, -0.2) is 8.42 Å². The lowest BCUT2D eigenvalue weighted by Gasteiger charge is -2.15. The predicted molar refractivity (Wildman–Crippen MR) is 112 cm³/mol. The van der Waals surface area contributed by atoms with Crippen molar-refractivity contribution in [1.29, 1.82) is 0 Å². The summed E-state index contributed by atoms with van der Waals surface area (Å²) in [6, 6.07) is 9.17. The maximum Gasteiger partial charge on any atom is 0.272 e. The summed E-state index contributed by atoms with van der Waals surface area (Å²) < 4.78 is 31.1. The molecule has 0 spiro atoms. The standard InChI is InChI=1S/C21H29N3O4S/c1-14(2)20-11-19(23-24(20)17-8-9-29(26,27)13-17)21(25)22-12-16-6-5-7-18(10-16)28-15(3)4/h5-7,10-11,14-15,17H,8-9,12-13H2,1-4H3,(H,22,25). The lowest BCUT2D eigenvalue weighted by Crippen LogP contribution is -2.24. The summed E-state index contributed by atoms with van der Waals surface area (Å²) in [7, 11) is -3.03. The number of nitrogens with zero attached hydrogens (tertiary/aromatic N) is 2. The molecule has 1 aromatic carbocycles. The molecular weight excluding hydrogens is 390 g/mol. The number of rotatable bonds is 7. The maximum absolute atomic E-state index is 12.7. The second-order valence-corrected chi connectivity index (χ2v) is 10.3. The van der Waals surface area contributed by atoms with Crippen molar-refractivity contribution in [1.82, 2.24) is 15.1 Å². The summed E-state index contributed by atoms with van der Waals surface area (Å²) in [4.78, 5) is 12.7. The molecule has 8 heteroatoms. The van der Waals surface area contributed by atoms with Gasteiger partial charge in [-0.2, -0.15) is 5.10 Å². The molecule has 2 aromatic rings. The van der Waals surface area contributed by atoms with E-state index in [1.165, 1.54) is 0 Å². The third-order valence-corrected chi connectivity index (χ3v) is 6.62. The first-order chi connectivity index (χ1) is 13.6. The van der Waals surface area contributed by atoms with E-state index in [9.17, 15) is 13.2 Å². The third-order valence-electron chi connectivity index (χ3n) is 4.87. The van der Waals surface area contributed by atoms with Crippen molar-refractivity contribution in [2.45, 2.75) is 58.7 Å². The minimum atomic E-state index is -3.03. The molecule has 1 aliphatic rings. The summed E-state index contributed by atoms with van der Waals surface area (Å²) >= 11 is 0. The number of carbonyl (C=O) groups excluding carboxylic acids is 1. The number of nitrogens with one attached hydrogen (secondary N) is 1. The topological polar surface area (TPSA) is 90.3 Å². The molecule has 1 aromatic heterocycles. The van der Waals surface area contributed by atoms with Gasteiger partial charge >= 0.3 is 0 Å². The maximum atomic E-state index is 12.7. The largest absolute Gasteiger partial charge is 0.491 e. The Kier molecular flexibility index (Phi) is 6.31. The Hall–Kier alpha value is -2.35. The minimum absolute atomic E-state index is 0.0812. The Balaban J connectivity index is 1.72. The van der Waals surface area contributed by atoms with Crippen LogP contribution in [-0.2, 0) is 16.4 Å². The van der Waals surface area contributed by atoms with E-state index in [0.29, 0.717) is 18.7 Å². The summed E-state index contributed by atoms with van der Waals surface area (Å²) in [6.45, 7) is 8.31. The number of hydrogen-bond acceptors (Lipinski definition) is 5.